The number of hydrogen-bond donors (Lipinski definition) is 1. The van der Waals surface area contributed by atoms with Gasteiger partial charge in [0.1, 0.15) is 0 Å². The first kappa shape index (κ1) is 21.9. The Hall–Kier alpha value is -2.32. The number of fused-ring (bicyclic) bond motifs is 1. The molecule has 1 fully saturated rings. The normalized spacial score (nSPS) is 14.3. The van der Waals surface area contributed by atoms with Gasteiger partial charge in [-0.2, -0.15) is 4.98 Å². The molecule has 1 aromatic carbocycles. The van der Waals surface area contributed by atoms with Crippen molar-refractivity contribution < 1.29 is 4.79 Å². The Balaban J connectivity index is 1.49. The first-order chi connectivity index (χ1) is 15.0. The van der Waals surface area contributed by atoms with Gasteiger partial charge in [0.2, 0.25) is 11.1 Å². The number of anilines is 2. The highest BCUT2D eigenvalue weighted by molar-refractivity contribution is 7.98. The fourth-order valence-corrected chi connectivity index (χ4v) is 4.62. The molecule has 0 unspecified atom stereocenters. The maximum absolute atomic E-state index is 12.8. The Kier molecular flexibility index (Phi) is 6.67. The highest BCUT2D eigenvalue weighted by Gasteiger charge is 2.18. The highest BCUT2D eigenvalue weighted by Crippen LogP contribution is 2.31. The van der Waals surface area contributed by atoms with Crippen molar-refractivity contribution in [2.24, 2.45) is 0 Å². The average Bonchev–Trinajstić information content (AvgIpc) is 3.17. The summed E-state index contributed by atoms with van der Waals surface area (Å²) in [5.74, 6) is 0.556. The number of aromatic nitrogens is 4. The third-order valence-corrected chi connectivity index (χ3v) is 6.52. The van der Waals surface area contributed by atoms with Crippen molar-refractivity contribution >= 4 is 46.4 Å². The Bertz CT molecular complexity index is 1110. The molecule has 9 heteroatoms. The molecule has 0 saturated carbocycles. The van der Waals surface area contributed by atoms with Crippen molar-refractivity contribution in [1.82, 2.24) is 19.6 Å². The van der Waals surface area contributed by atoms with Crippen LogP contribution in [0.5, 0.6) is 0 Å². The van der Waals surface area contributed by atoms with E-state index in [0.717, 1.165) is 41.4 Å². The topological polar surface area (TPSA) is 75.4 Å². The second-order valence-electron chi connectivity index (χ2n) is 7.83. The minimum atomic E-state index is -0.0391. The molecular weight excluding hydrogens is 432 g/mol. The van der Waals surface area contributed by atoms with Crippen LogP contribution in [-0.2, 0) is 11.2 Å². The molecule has 0 bridgehead atoms. The summed E-state index contributed by atoms with van der Waals surface area (Å²) >= 11 is 7.71. The van der Waals surface area contributed by atoms with Gasteiger partial charge in [-0.25, -0.2) is 9.50 Å². The van der Waals surface area contributed by atoms with Crippen molar-refractivity contribution in [3.63, 3.8) is 0 Å². The number of carbonyl (C=O) groups is 1. The Morgan fingerprint density at radius 3 is 2.71 bits per heavy atom. The van der Waals surface area contributed by atoms with Crippen LogP contribution in [0.2, 0.25) is 5.02 Å². The number of piperidine rings is 1. The molecule has 7 nitrogen and oxygen atoms in total. The van der Waals surface area contributed by atoms with Crippen LogP contribution >= 0.6 is 23.4 Å². The molecule has 0 atom stereocenters. The summed E-state index contributed by atoms with van der Waals surface area (Å²) in [6.07, 6.45) is 6.48. The van der Waals surface area contributed by atoms with E-state index < -0.39 is 0 Å². The predicted octanol–water partition coefficient (Wildman–Crippen LogP) is 4.68. The molecule has 1 saturated heterocycles. The molecule has 3 aromatic rings. The van der Waals surface area contributed by atoms with Gasteiger partial charge in [0.25, 0.3) is 5.78 Å². The molecule has 164 valence electrons. The second kappa shape index (κ2) is 9.44. The maximum atomic E-state index is 12.8. The molecule has 0 spiro atoms. The summed E-state index contributed by atoms with van der Waals surface area (Å²) in [7, 11) is 0. The number of halogens is 1. The zero-order chi connectivity index (χ0) is 22.0. The summed E-state index contributed by atoms with van der Waals surface area (Å²) in [5.41, 5.74) is 4.71. The lowest BCUT2D eigenvalue weighted by atomic mass is 10.1. The lowest BCUT2D eigenvalue weighted by molar-refractivity contribution is -0.116. The number of carbonyl (C=O) groups excluding carboxylic acids is 1. The van der Waals surface area contributed by atoms with Crippen molar-refractivity contribution in [3.05, 3.63) is 40.2 Å². The van der Waals surface area contributed by atoms with Gasteiger partial charge in [-0.3, -0.25) is 4.79 Å². The van der Waals surface area contributed by atoms with E-state index in [1.165, 1.54) is 31.0 Å². The Morgan fingerprint density at radius 2 is 1.97 bits per heavy atom. The Labute approximate surface area is 191 Å². The summed E-state index contributed by atoms with van der Waals surface area (Å²) in [4.78, 5) is 24.2. The number of nitrogens with zero attached hydrogens (tertiary/aromatic N) is 5. The van der Waals surface area contributed by atoms with E-state index in [0.29, 0.717) is 28.8 Å². The molecule has 1 aliphatic rings. The van der Waals surface area contributed by atoms with Gasteiger partial charge >= 0.3 is 0 Å². The summed E-state index contributed by atoms with van der Waals surface area (Å²) < 4.78 is 1.76. The molecule has 0 aliphatic carbocycles. The van der Waals surface area contributed by atoms with Crippen LogP contribution in [0.3, 0.4) is 0 Å². The third kappa shape index (κ3) is 4.80. The molecule has 2 aromatic heterocycles. The number of rotatable bonds is 6. The number of nitrogens with one attached hydrogen (secondary N) is 1. The van der Waals surface area contributed by atoms with Crippen molar-refractivity contribution in [1.29, 1.82) is 0 Å². The molecule has 1 aliphatic heterocycles. The van der Waals surface area contributed by atoms with E-state index in [2.05, 4.69) is 25.3 Å². The minimum absolute atomic E-state index is 0.0391. The summed E-state index contributed by atoms with van der Waals surface area (Å²) in [5, 5.41) is 8.88. The summed E-state index contributed by atoms with van der Waals surface area (Å²) in [6.45, 7) is 5.97. The van der Waals surface area contributed by atoms with Crippen LogP contribution in [-0.4, -0.2) is 44.8 Å². The lowest BCUT2D eigenvalue weighted by Gasteiger charge is -2.30. The largest absolute Gasteiger partial charge is 0.370 e. The maximum Gasteiger partial charge on any atom is 0.253 e. The fourth-order valence-electron chi connectivity index (χ4n) is 4.11. The average molecular weight is 459 g/mol. The quantitative estimate of drug-likeness (QED) is 0.540. The van der Waals surface area contributed by atoms with Gasteiger partial charge in [-0.15, -0.1) is 5.10 Å². The lowest BCUT2D eigenvalue weighted by Crippen LogP contribution is -2.30. The molecule has 31 heavy (non-hydrogen) atoms. The third-order valence-electron chi connectivity index (χ3n) is 5.74. The van der Waals surface area contributed by atoms with Crippen LogP contribution in [0.25, 0.3) is 5.78 Å². The van der Waals surface area contributed by atoms with Crippen LogP contribution in [0.1, 0.15) is 42.6 Å². The number of hydrogen-bond acceptors (Lipinski definition) is 6. The van der Waals surface area contributed by atoms with Gasteiger partial charge in [-0.05, 0) is 69.5 Å². The van der Waals surface area contributed by atoms with Gasteiger partial charge in [0.05, 0.1) is 11.4 Å². The minimum Gasteiger partial charge on any atom is -0.370 e. The molecule has 4 rings (SSSR count). The van der Waals surface area contributed by atoms with Crippen molar-refractivity contribution in [3.8, 4) is 0 Å². The highest BCUT2D eigenvalue weighted by atomic mass is 35.5. The van der Waals surface area contributed by atoms with E-state index in [9.17, 15) is 4.79 Å². The standard InChI is InChI=1S/C22H27ClN6OS/c1-14-17(15(2)29-21(24-14)26-22(27-29)31-3)8-10-20(30)25-18-13-16(23)7-9-19(18)28-11-5-4-6-12-28/h7,9,13H,4-6,8,10-12H2,1-3H3,(H,25,30). The summed E-state index contributed by atoms with van der Waals surface area (Å²) in [6, 6.07) is 5.73. The number of aryl methyl sites for hydroxylation is 2. The SMILES string of the molecule is CSc1nc2nc(C)c(CCC(=O)Nc3cc(Cl)ccc3N3CCCCC3)c(C)n2n1. The molecule has 3 heterocycles. The fraction of sp³-hybridized carbons (Fsp3) is 0.455. The molecule has 1 N–H and O–H groups in total. The van der Waals surface area contributed by atoms with E-state index in [1.807, 2.05) is 38.3 Å². The zero-order valence-corrected chi connectivity index (χ0v) is 19.7. The van der Waals surface area contributed by atoms with E-state index in [4.69, 9.17) is 11.6 Å². The van der Waals surface area contributed by atoms with Crippen molar-refractivity contribution in [2.75, 3.05) is 29.6 Å². The van der Waals surface area contributed by atoms with Crippen LogP contribution in [0.15, 0.2) is 23.4 Å². The number of benzene rings is 1. The number of thioether (sulfide) groups is 1. The van der Waals surface area contributed by atoms with Crippen molar-refractivity contribution in [2.45, 2.75) is 51.1 Å². The first-order valence-corrected chi connectivity index (χ1v) is 12.2. The number of amides is 1. The first-order valence-electron chi connectivity index (χ1n) is 10.6. The van der Waals surface area contributed by atoms with Crippen LogP contribution in [0.4, 0.5) is 11.4 Å². The molecule has 1 amide bonds. The van der Waals surface area contributed by atoms with Gasteiger partial charge < -0.3 is 10.2 Å². The van der Waals surface area contributed by atoms with Crippen LogP contribution < -0.4 is 10.2 Å². The van der Waals surface area contributed by atoms with Gasteiger partial charge in [-0.1, -0.05) is 23.4 Å². The van der Waals surface area contributed by atoms with E-state index in [-0.39, 0.29) is 5.91 Å². The smallest absolute Gasteiger partial charge is 0.253 e. The van der Waals surface area contributed by atoms with E-state index >= 15 is 0 Å². The zero-order valence-electron chi connectivity index (χ0n) is 18.1. The predicted molar refractivity (Wildman–Crippen MR) is 127 cm³/mol. The molecule has 0 radical (unpaired) electrons. The monoisotopic (exact) mass is 458 g/mol. The van der Waals surface area contributed by atoms with Crippen LogP contribution in [0, 0.1) is 13.8 Å². The second-order valence-corrected chi connectivity index (χ2v) is 9.04. The van der Waals surface area contributed by atoms with Gasteiger partial charge in [0.15, 0.2) is 0 Å². The molecular formula is C22H27ClN6OS. The van der Waals surface area contributed by atoms with E-state index in [1.54, 1.807) is 4.52 Å². The Morgan fingerprint density at radius 1 is 1.19 bits per heavy atom. The van der Waals surface area contributed by atoms with Gasteiger partial charge in [0, 0.05) is 35.9 Å².